The van der Waals surface area contributed by atoms with Crippen LogP contribution in [0, 0.1) is 11.6 Å². The molecule has 7 heteroatoms. The van der Waals surface area contributed by atoms with Gasteiger partial charge in [-0.3, -0.25) is 0 Å². The number of aliphatic hydroxyl groups excluding tert-OH is 1. The third-order valence-electron chi connectivity index (χ3n) is 7.31. The average Bonchev–Trinajstić information content (AvgIpc) is 2.87. The smallest absolute Gasteiger partial charge is 0.261 e. The lowest BCUT2D eigenvalue weighted by Crippen LogP contribution is -2.66. The van der Waals surface area contributed by atoms with Gasteiger partial charge in [0.1, 0.15) is 0 Å². The van der Waals surface area contributed by atoms with E-state index in [2.05, 4.69) is 45.0 Å². The molecule has 2 unspecified atom stereocenters. The second-order valence-electron chi connectivity index (χ2n) is 11.3. The number of anilines is 1. The number of rotatable bonds is 8. The molecule has 4 rings (SSSR count). The maximum absolute atomic E-state index is 15.8. The SMILES string of the molecule is CC1CN(c2c(CO[Si](c3ccccc3)(c3ccccc3)C(C)(C)C)cc(CCO)c(F)c2F)CC(C)O1. The molecule has 4 nitrogen and oxygen atoms in total. The maximum atomic E-state index is 15.8. The van der Waals surface area contributed by atoms with E-state index in [1.54, 1.807) is 6.07 Å². The fourth-order valence-corrected chi connectivity index (χ4v) is 10.3. The predicted octanol–water partition coefficient (Wildman–Crippen LogP) is 5.19. The quantitative estimate of drug-likeness (QED) is 0.400. The van der Waals surface area contributed by atoms with Crippen molar-refractivity contribution in [2.24, 2.45) is 0 Å². The molecular formula is C31H39F2NO3Si. The summed E-state index contributed by atoms with van der Waals surface area (Å²) in [6.07, 6.45) is -0.210. The number of hydrogen-bond donors (Lipinski definition) is 1. The summed E-state index contributed by atoms with van der Waals surface area (Å²) in [5.74, 6) is -1.80. The fourth-order valence-electron chi connectivity index (χ4n) is 5.79. The summed E-state index contributed by atoms with van der Waals surface area (Å²) in [5.41, 5.74) is 0.968. The monoisotopic (exact) mass is 539 g/mol. The van der Waals surface area contributed by atoms with Crippen molar-refractivity contribution in [1.82, 2.24) is 0 Å². The molecule has 1 N–H and O–H groups in total. The average molecular weight is 540 g/mol. The minimum absolute atomic E-state index is 0.0329. The summed E-state index contributed by atoms with van der Waals surface area (Å²) in [4.78, 5) is 1.88. The van der Waals surface area contributed by atoms with Crippen LogP contribution in [0.4, 0.5) is 14.5 Å². The largest absolute Gasteiger partial charge is 0.403 e. The Morgan fingerprint density at radius 2 is 1.42 bits per heavy atom. The lowest BCUT2D eigenvalue weighted by Gasteiger charge is -2.43. The summed E-state index contributed by atoms with van der Waals surface area (Å²) in [7, 11) is -2.91. The van der Waals surface area contributed by atoms with Gasteiger partial charge >= 0.3 is 0 Å². The Hall–Kier alpha value is -2.58. The van der Waals surface area contributed by atoms with Gasteiger partial charge in [-0.15, -0.1) is 0 Å². The molecule has 0 amide bonds. The van der Waals surface area contributed by atoms with Crippen LogP contribution >= 0.6 is 0 Å². The van der Waals surface area contributed by atoms with Crippen LogP contribution in [0.5, 0.6) is 0 Å². The van der Waals surface area contributed by atoms with Crippen molar-refractivity contribution in [3.63, 3.8) is 0 Å². The Morgan fingerprint density at radius 1 is 0.895 bits per heavy atom. The van der Waals surface area contributed by atoms with Gasteiger partial charge in [-0.05, 0) is 47.3 Å². The first kappa shape index (κ1) is 28.4. The van der Waals surface area contributed by atoms with Crippen LogP contribution in [-0.2, 0) is 22.2 Å². The summed E-state index contributed by atoms with van der Waals surface area (Å²) in [6.45, 7) is 11.2. The standard InChI is InChI=1S/C31H39F2NO3Si/c1-22-19-34(20-23(2)37-22)30-25(18-24(16-17-35)28(32)29(30)33)21-36-38(31(3,4)5,26-12-8-6-9-13-26)27-14-10-7-11-15-27/h6-15,18,22-23,35H,16-17,19-21H2,1-5H3. The molecule has 204 valence electrons. The van der Waals surface area contributed by atoms with Crippen molar-refractivity contribution >= 4 is 24.4 Å². The van der Waals surface area contributed by atoms with Gasteiger partial charge in [-0.2, -0.15) is 0 Å². The van der Waals surface area contributed by atoms with Crippen molar-refractivity contribution in [3.8, 4) is 0 Å². The molecule has 3 aromatic rings. The molecule has 0 aromatic heterocycles. The molecule has 0 saturated carbocycles. The molecule has 3 aromatic carbocycles. The third-order valence-corrected chi connectivity index (χ3v) is 12.3. The van der Waals surface area contributed by atoms with E-state index < -0.39 is 20.0 Å². The molecular weight excluding hydrogens is 500 g/mol. The van der Waals surface area contributed by atoms with E-state index >= 15 is 8.78 Å². The number of ether oxygens (including phenoxy) is 1. The van der Waals surface area contributed by atoms with Gasteiger partial charge in [-0.25, -0.2) is 8.78 Å². The van der Waals surface area contributed by atoms with Gasteiger partial charge < -0.3 is 19.2 Å². The van der Waals surface area contributed by atoms with Crippen LogP contribution in [0.2, 0.25) is 5.04 Å². The highest BCUT2D eigenvalue weighted by molar-refractivity contribution is 6.99. The molecule has 1 heterocycles. The first-order valence-electron chi connectivity index (χ1n) is 13.3. The van der Waals surface area contributed by atoms with E-state index in [1.807, 2.05) is 55.1 Å². The highest BCUT2D eigenvalue weighted by atomic mass is 28.4. The molecule has 1 saturated heterocycles. The third kappa shape index (κ3) is 5.57. The molecule has 2 atom stereocenters. The van der Waals surface area contributed by atoms with Crippen molar-refractivity contribution in [2.45, 2.75) is 64.9 Å². The zero-order chi connectivity index (χ0) is 27.5. The second kappa shape index (κ2) is 11.7. The first-order chi connectivity index (χ1) is 18.1. The molecule has 0 spiro atoms. The predicted molar refractivity (Wildman–Crippen MR) is 152 cm³/mol. The summed E-state index contributed by atoms with van der Waals surface area (Å²) in [5, 5.41) is 11.5. The first-order valence-corrected chi connectivity index (χ1v) is 15.2. The van der Waals surface area contributed by atoms with Crippen molar-refractivity contribution < 1.29 is 23.1 Å². The highest BCUT2D eigenvalue weighted by Crippen LogP contribution is 2.39. The fraction of sp³-hybridized carbons (Fsp3) is 0.419. The minimum Gasteiger partial charge on any atom is -0.403 e. The van der Waals surface area contributed by atoms with Crippen LogP contribution in [-0.4, -0.2) is 45.3 Å². The number of nitrogens with zero attached hydrogens (tertiary/aromatic N) is 1. The van der Waals surface area contributed by atoms with Gasteiger partial charge in [0.05, 0.1) is 24.5 Å². The molecule has 38 heavy (non-hydrogen) atoms. The summed E-state index contributed by atoms with van der Waals surface area (Å²) >= 11 is 0. The Labute approximate surface area is 226 Å². The van der Waals surface area contributed by atoms with Crippen LogP contribution in [0.3, 0.4) is 0 Å². The molecule has 1 aliphatic heterocycles. The lowest BCUT2D eigenvalue weighted by molar-refractivity contribution is -0.00553. The number of halogens is 2. The Kier molecular flexibility index (Phi) is 8.72. The molecule has 1 aliphatic rings. The zero-order valence-electron chi connectivity index (χ0n) is 23.0. The number of morpholine rings is 1. The van der Waals surface area contributed by atoms with Gasteiger partial charge in [0.15, 0.2) is 11.6 Å². The molecule has 0 aliphatic carbocycles. The van der Waals surface area contributed by atoms with E-state index in [-0.39, 0.29) is 48.1 Å². The van der Waals surface area contributed by atoms with E-state index in [9.17, 15) is 5.11 Å². The summed E-state index contributed by atoms with van der Waals surface area (Å²) < 4.78 is 44.0. The molecule has 0 bridgehead atoms. The van der Waals surface area contributed by atoms with E-state index in [4.69, 9.17) is 9.16 Å². The summed E-state index contributed by atoms with van der Waals surface area (Å²) in [6, 6.07) is 22.2. The van der Waals surface area contributed by atoms with Crippen LogP contribution < -0.4 is 15.3 Å². The zero-order valence-corrected chi connectivity index (χ0v) is 24.0. The number of aliphatic hydroxyl groups is 1. The normalized spacial score (nSPS) is 18.6. The van der Waals surface area contributed by atoms with Gasteiger partial charge in [0.2, 0.25) is 0 Å². The molecule has 1 fully saturated rings. The van der Waals surface area contributed by atoms with Crippen molar-refractivity contribution in [1.29, 1.82) is 0 Å². The van der Waals surface area contributed by atoms with E-state index in [1.165, 1.54) is 0 Å². The van der Waals surface area contributed by atoms with Crippen molar-refractivity contribution in [2.75, 3.05) is 24.6 Å². The van der Waals surface area contributed by atoms with Crippen molar-refractivity contribution in [3.05, 3.63) is 89.5 Å². The highest BCUT2D eigenvalue weighted by Gasteiger charge is 2.50. The Morgan fingerprint density at radius 3 is 1.89 bits per heavy atom. The molecule has 0 radical (unpaired) electrons. The van der Waals surface area contributed by atoms with E-state index in [0.29, 0.717) is 18.7 Å². The van der Waals surface area contributed by atoms with Gasteiger partial charge in [-0.1, -0.05) is 81.4 Å². The minimum atomic E-state index is -2.91. The van der Waals surface area contributed by atoms with Gasteiger partial charge in [0, 0.05) is 25.3 Å². The van der Waals surface area contributed by atoms with Crippen LogP contribution in [0.1, 0.15) is 45.7 Å². The number of benzene rings is 3. The lowest BCUT2D eigenvalue weighted by atomic mass is 10.0. The van der Waals surface area contributed by atoms with Crippen LogP contribution in [0.25, 0.3) is 0 Å². The van der Waals surface area contributed by atoms with Gasteiger partial charge in [0.25, 0.3) is 8.32 Å². The topological polar surface area (TPSA) is 41.9 Å². The Balaban J connectivity index is 1.86. The number of hydrogen-bond acceptors (Lipinski definition) is 4. The van der Waals surface area contributed by atoms with E-state index in [0.717, 1.165) is 10.4 Å². The Bertz CT molecular complexity index is 1170. The maximum Gasteiger partial charge on any atom is 0.261 e. The second-order valence-corrected chi connectivity index (χ2v) is 15.6. The van der Waals surface area contributed by atoms with Crippen LogP contribution in [0.15, 0.2) is 66.7 Å².